The van der Waals surface area contributed by atoms with Gasteiger partial charge in [-0.3, -0.25) is 4.99 Å². The van der Waals surface area contributed by atoms with Gasteiger partial charge >= 0.3 is 0 Å². The van der Waals surface area contributed by atoms with E-state index in [0.717, 1.165) is 51.5 Å². The van der Waals surface area contributed by atoms with E-state index in [4.69, 9.17) is 9.47 Å². The molecule has 5 heteroatoms. The lowest BCUT2D eigenvalue weighted by Gasteiger charge is -2.35. The van der Waals surface area contributed by atoms with Crippen LogP contribution in [0.1, 0.15) is 59.8 Å². The van der Waals surface area contributed by atoms with Crippen LogP contribution in [0.5, 0.6) is 0 Å². The Morgan fingerprint density at radius 2 is 1.80 bits per heavy atom. The third-order valence-corrected chi connectivity index (χ3v) is 7.04. The molecule has 2 aliphatic heterocycles. The first-order valence-corrected chi connectivity index (χ1v) is 10.1. The Bertz CT molecular complexity index is 461. The van der Waals surface area contributed by atoms with Gasteiger partial charge in [0.2, 0.25) is 0 Å². The first kappa shape index (κ1) is 19.0. The molecule has 5 nitrogen and oxygen atoms in total. The fourth-order valence-electron chi connectivity index (χ4n) is 4.40. The molecule has 0 amide bonds. The van der Waals surface area contributed by atoms with E-state index in [9.17, 15) is 0 Å². The summed E-state index contributed by atoms with van der Waals surface area (Å²) in [6.45, 7) is 13.1. The molecule has 3 fully saturated rings. The second-order valence-electron chi connectivity index (χ2n) is 9.08. The van der Waals surface area contributed by atoms with Crippen LogP contribution in [0.25, 0.3) is 0 Å². The summed E-state index contributed by atoms with van der Waals surface area (Å²) >= 11 is 0. The summed E-state index contributed by atoms with van der Waals surface area (Å²) in [5.74, 6) is 1.05. The Hall–Kier alpha value is -0.810. The lowest BCUT2D eigenvalue weighted by Crippen LogP contribution is -2.48. The highest BCUT2D eigenvalue weighted by atomic mass is 16.5. The minimum Gasteiger partial charge on any atom is -0.376 e. The summed E-state index contributed by atoms with van der Waals surface area (Å²) < 4.78 is 11.9. The van der Waals surface area contributed by atoms with Crippen molar-refractivity contribution in [2.24, 2.45) is 15.8 Å². The Kier molecular flexibility index (Phi) is 5.64. The lowest BCUT2D eigenvalue weighted by atomic mass is 10.0. The van der Waals surface area contributed by atoms with Crippen LogP contribution < -0.4 is 5.32 Å². The van der Waals surface area contributed by atoms with Gasteiger partial charge in [-0.1, -0.05) is 27.7 Å². The van der Waals surface area contributed by atoms with Gasteiger partial charge in [-0.25, -0.2) is 0 Å². The number of nitrogens with one attached hydrogen (secondary N) is 1. The fourth-order valence-corrected chi connectivity index (χ4v) is 4.40. The highest BCUT2D eigenvalue weighted by molar-refractivity contribution is 5.81. The van der Waals surface area contributed by atoms with Crippen molar-refractivity contribution >= 4 is 5.96 Å². The molecule has 2 saturated heterocycles. The van der Waals surface area contributed by atoms with Crippen molar-refractivity contribution in [3.05, 3.63) is 0 Å². The molecule has 1 N–H and O–H groups in total. The number of hydrogen-bond donors (Lipinski definition) is 1. The van der Waals surface area contributed by atoms with Crippen LogP contribution in [0, 0.1) is 10.8 Å². The highest BCUT2D eigenvalue weighted by Gasteiger charge is 2.65. The summed E-state index contributed by atoms with van der Waals surface area (Å²) in [6, 6.07) is 0.496. The number of piperidine rings is 1. The smallest absolute Gasteiger partial charge is 0.193 e. The van der Waals surface area contributed by atoms with Crippen molar-refractivity contribution in [3.8, 4) is 0 Å². The average Bonchev–Trinajstić information content (AvgIpc) is 3.00. The quantitative estimate of drug-likeness (QED) is 0.625. The van der Waals surface area contributed by atoms with Crippen molar-refractivity contribution in [1.82, 2.24) is 10.2 Å². The van der Waals surface area contributed by atoms with Gasteiger partial charge < -0.3 is 19.7 Å². The maximum absolute atomic E-state index is 6.13. The maximum Gasteiger partial charge on any atom is 0.193 e. The molecule has 2 heterocycles. The van der Waals surface area contributed by atoms with E-state index in [0.29, 0.717) is 29.1 Å². The standard InChI is InChI=1S/C20H37N3O2/c1-19(2)17(20(19,3)4)22-18(21-5)23-11-9-15(10-12-23)25-14-16-8-6-7-13-24-16/h15-17H,6-14H2,1-5H3,(H,21,22). The van der Waals surface area contributed by atoms with Crippen LogP contribution in [0.4, 0.5) is 0 Å². The summed E-state index contributed by atoms with van der Waals surface area (Å²) in [4.78, 5) is 6.93. The zero-order chi connectivity index (χ0) is 18.1. The number of rotatable bonds is 4. The molecule has 0 aromatic rings. The van der Waals surface area contributed by atoms with E-state index >= 15 is 0 Å². The largest absolute Gasteiger partial charge is 0.376 e. The molecule has 3 aliphatic rings. The molecule has 0 aromatic carbocycles. The van der Waals surface area contributed by atoms with Crippen LogP contribution in [0.3, 0.4) is 0 Å². The molecule has 1 unspecified atom stereocenters. The van der Waals surface area contributed by atoms with Crippen LogP contribution in [0.15, 0.2) is 4.99 Å². The van der Waals surface area contributed by atoms with Gasteiger partial charge in [-0.05, 0) is 42.9 Å². The van der Waals surface area contributed by atoms with Crippen LogP contribution in [0.2, 0.25) is 0 Å². The van der Waals surface area contributed by atoms with Crippen molar-refractivity contribution in [1.29, 1.82) is 0 Å². The van der Waals surface area contributed by atoms with Gasteiger partial charge in [0, 0.05) is 32.8 Å². The third kappa shape index (κ3) is 3.97. The first-order valence-electron chi connectivity index (χ1n) is 10.1. The second-order valence-corrected chi connectivity index (χ2v) is 9.08. The molecule has 0 aromatic heterocycles. The van der Waals surface area contributed by atoms with E-state index in [-0.39, 0.29) is 0 Å². The molecule has 0 bridgehead atoms. The minimum atomic E-state index is 0.320. The number of aliphatic imine (C=N–C) groups is 1. The van der Waals surface area contributed by atoms with Crippen molar-refractivity contribution in [2.75, 3.05) is 33.4 Å². The SMILES string of the molecule is CN=C(NC1C(C)(C)C1(C)C)N1CCC(OCC2CCCCO2)CC1. The highest BCUT2D eigenvalue weighted by Crippen LogP contribution is 2.62. The lowest BCUT2D eigenvalue weighted by molar-refractivity contribution is -0.0721. The Morgan fingerprint density at radius 1 is 1.12 bits per heavy atom. The Morgan fingerprint density at radius 3 is 2.32 bits per heavy atom. The molecule has 0 spiro atoms. The van der Waals surface area contributed by atoms with Crippen molar-refractivity contribution < 1.29 is 9.47 Å². The molecule has 1 aliphatic carbocycles. The van der Waals surface area contributed by atoms with E-state index in [1.807, 2.05) is 7.05 Å². The molecule has 25 heavy (non-hydrogen) atoms. The van der Waals surface area contributed by atoms with E-state index in [1.165, 1.54) is 12.8 Å². The zero-order valence-electron chi connectivity index (χ0n) is 16.8. The summed E-state index contributed by atoms with van der Waals surface area (Å²) in [5, 5.41) is 3.70. The number of likely N-dealkylation sites (tertiary alicyclic amines) is 1. The van der Waals surface area contributed by atoms with Gasteiger partial charge in [0.1, 0.15) is 0 Å². The molecule has 3 rings (SSSR count). The molecular formula is C20H37N3O2. The van der Waals surface area contributed by atoms with Gasteiger partial charge in [0.25, 0.3) is 0 Å². The summed E-state index contributed by atoms with van der Waals surface area (Å²) in [7, 11) is 1.90. The van der Waals surface area contributed by atoms with E-state index < -0.39 is 0 Å². The first-order chi connectivity index (χ1) is 11.9. The van der Waals surface area contributed by atoms with Crippen LogP contribution >= 0.6 is 0 Å². The average molecular weight is 352 g/mol. The van der Waals surface area contributed by atoms with Crippen molar-refractivity contribution in [2.45, 2.75) is 78.0 Å². The number of ether oxygens (including phenoxy) is 2. The number of guanidine groups is 1. The minimum absolute atomic E-state index is 0.320. The summed E-state index contributed by atoms with van der Waals surface area (Å²) in [5.41, 5.74) is 0.648. The topological polar surface area (TPSA) is 46.1 Å². The van der Waals surface area contributed by atoms with Gasteiger partial charge in [0.05, 0.1) is 18.8 Å². The van der Waals surface area contributed by atoms with Crippen LogP contribution in [-0.4, -0.2) is 62.5 Å². The monoisotopic (exact) mass is 351 g/mol. The molecule has 1 atom stereocenters. The van der Waals surface area contributed by atoms with Gasteiger partial charge in [0.15, 0.2) is 5.96 Å². The number of nitrogens with zero attached hydrogens (tertiary/aromatic N) is 2. The van der Waals surface area contributed by atoms with E-state index in [2.05, 4.69) is 42.9 Å². The van der Waals surface area contributed by atoms with Gasteiger partial charge in [-0.2, -0.15) is 0 Å². The predicted octanol–water partition coefficient (Wildman–Crippen LogP) is 3.05. The van der Waals surface area contributed by atoms with Gasteiger partial charge in [-0.15, -0.1) is 0 Å². The number of hydrogen-bond acceptors (Lipinski definition) is 3. The second kappa shape index (κ2) is 7.43. The van der Waals surface area contributed by atoms with Crippen molar-refractivity contribution in [3.63, 3.8) is 0 Å². The predicted molar refractivity (Wildman–Crippen MR) is 102 cm³/mol. The van der Waals surface area contributed by atoms with E-state index in [1.54, 1.807) is 0 Å². The van der Waals surface area contributed by atoms with Crippen LogP contribution in [-0.2, 0) is 9.47 Å². The summed E-state index contributed by atoms with van der Waals surface area (Å²) in [6.07, 6.45) is 6.48. The normalized spacial score (nSPS) is 30.4. The molecule has 1 saturated carbocycles. The molecule has 144 valence electrons. The Balaban J connectivity index is 1.42. The zero-order valence-corrected chi connectivity index (χ0v) is 16.8. The molecule has 0 radical (unpaired) electrons. The molecular weight excluding hydrogens is 314 g/mol. The Labute approximate surface area is 153 Å². The maximum atomic E-state index is 6.13. The fraction of sp³-hybridized carbons (Fsp3) is 0.950. The third-order valence-electron chi connectivity index (χ3n) is 7.04.